The molecule has 0 atom stereocenters. The van der Waals surface area contributed by atoms with Crippen LogP contribution in [0.5, 0.6) is 5.75 Å². The minimum absolute atomic E-state index is 0.142. The summed E-state index contributed by atoms with van der Waals surface area (Å²) in [5.41, 5.74) is 7.12. The van der Waals surface area contributed by atoms with Gasteiger partial charge in [-0.15, -0.1) is 0 Å². The van der Waals surface area contributed by atoms with Crippen molar-refractivity contribution in [3.8, 4) is 17.2 Å². The van der Waals surface area contributed by atoms with E-state index in [0.717, 1.165) is 12.1 Å². The number of nitrogens with zero attached hydrogens (tertiary/aromatic N) is 7. The third kappa shape index (κ3) is 5.29. The third-order valence-corrected chi connectivity index (χ3v) is 6.24. The zero-order valence-electron chi connectivity index (χ0n) is 20.5. The van der Waals surface area contributed by atoms with Crippen LogP contribution in [0, 0.1) is 11.6 Å². The number of anilines is 3. The van der Waals surface area contributed by atoms with E-state index in [4.69, 9.17) is 20.0 Å². The van der Waals surface area contributed by atoms with Gasteiger partial charge in [-0.25, -0.2) is 13.6 Å². The van der Waals surface area contributed by atoms with Crippen LogP contribution in [-0.4, -0.2) is 88.5 Å². The number of ether oxygens (including phenoxy) is 1. The minimum atomic E-state index is -1.23. The molecule has 0 saturated carbocycles. The number of carboxylic acids is 1. The van der Waals surface area contributed by atoms with Gasteiger partial charge in [0.05, 0.1) is 6.26 Å². The van der Waals surface area contributed by atoms with Crippen LogP contribution in [-0.2, 0) is 4.79 Å². The van der Waals surface area contributed by atoms with Crippen molar-refractivity contribution in [2.75, 3.05) is 68.5 Å². The Morgan fingerprint density at radius 2 is 1.92 bits per heavy atom. The smallest absolute Gasteiger partial charge is 0.341 e. The Kier molecular flexibility index (Phi) is 6.96. The van der Waals surface area contributed by atoms with Gasteiger partial charge >= 0.3 is 5.97 Å². The number of fused-ring (bicyclic) bond motifs is 1. The summed E-state index contributed by atoms with van der Waals surface area (Å²) in [5.74, 6) is -1.72. The van der Waals surface area contributed by atoms with Gasteiger partial charge in [-0.2, -0.15) is 19.6 Å². The fraction of sp³-hybridized carbons (Fsp3) is 0.333. The van der Waals surface area contributed by atoms with Crippen molar-refractivity contribution in [1.29, 1.82) is 0 Å². The molecule has 0 amide bonds. The number of benzene rings is 1. The lowest BCUT2D eigenvalue weighted by molar-refractivity contribution is -0.139. The van der Waals surface area contributed by atoms with E-state index in [-0.39, 0.29) is 17.4 Å². The minimum Gasteiger partial charge on any atom is -0.482 e. The summed E-state index contributed by atoms with van der Waals surface area (Å²) < 4.78 is 41.0. The topological polar surface area (TPSA) is 138 Å². The predicted octanol–water partition coefficient (Wildman–Crippen LogP) is 1.97. The number of aliphatic carboxylic acids is 1. The number of furan rings is 1. The van der Waals surface area contributed by atoms with E-state index in [1.165, 1.54) is 4.52 Å². The predicted molar refractivity (Wildman–Crippen MR) is 134 cm³/mol. The Hall–Kier alpha value is -4.46. The Balaban J connectivity index is 1.17. The molecule has 14 heteroatoms. The maximum atomic E-state index is 14.6. The summed E-state index contributed by atoms with van der Waals surface area (Å²) in [6.07, 6.45) is 1.57. The second-order valence-corrected chi connectivity index (χ2v) is 8.83. The molecule has 1 fully saturated rings. The van der Waals surface area contributed by atoms with Crippen LogP contribution in [0.2, 0.25) is 0 Å². The van der Waals surface area contributed by atoms with Crippen LogP contribution in [0.15, 0.2) is 41.0 Å². The maximum absolute atomic E-state index is 14.6. The number of nitrogen functional groups attached to an aromatic ring is 1. The molecule has 0 aliphatic carbocycles. The van der Waals surface area contributed by atoms with E-state index < -0.39 is 24.2 Å². The van der Waals surface area contributed by atoms with Gasteiger partial charge in [-0.05, 0) is 12.1 Å². The van der Waals surface area contributed by atoms with Gasteiger partial charge in [-0.3, -0.25) is 4.90 Å². The molecule has 1 saturated heterocycles. The first-order valence-corrected chi connectivity index (χ1v) is 11.9. The van der Waals surface area contributed by atoms with E-state index in [2.05, 4.69) is 20.0 Å². The SMILES string of the molecule is CN(CCN1CCN(c2c(F)cc(OCC(=O)O)cc2F)CC1)c1nc(N)n2nc(-c3ccco3)cc2n1. The number of nitrogens with two attached hydrogens (primary N) is 1. The molecular formula is C24H26F2N8O4. The van der Waals surface area contributed by atoms with E-state index in [1.54, 1.807) is 29.4 Å². The van der Waals surface area contributed by atoms with E-state index in [0.29, 0.717) is 62.3 Å². The van der Waals surface area contributed by atoms with Crippen LogP contribution >= 0.6 is 0 Å². The average Bonchev–Trinajstić information content (AvgIpc) is 3.57. The van der Waals surface area contributed by atoms with Crippen LogP contribution in [0.3, 0.4) is 0 Å². The van der Waals surface area contributed by atoms with Crippen molar-refractivity contribution >= 4 is 29.2 Å². The lowest BCUT2D eigenvalue weighted by atomic mass is 10.2. The molecule has 1 aliphatic rings. The summed E-state index contributed by atoms with van der Waals surface area (Å²) in [6.45, 7) is 2.66. The quantitative estimate of drug-likeness (QED) is 0.330. The van der Waals surface area contributed by atoms with Gasteiger partial charge in [0, 0.05) is 64.5 Å². The van der Waals surface area contributed by atoms with Gasteiger partial charge in [-0.1, -0.05) is 0 Å². The molecule has 0 radical (unpaired) electrons. The number of carbonyl (C=O) groups is 1. The van der Waals surface area contributed by atoms with Crippen molar-refractivity contribution in [3.05, 3.63) is 48.2 Å². The lowest BCUT2D eigenvalue weighted by Crippen LogP contribution is -2.48. The standard InChI is InChI=1S/C24H26F2N8O4/c1-31(24-28-20-13-18(19-3-2-10-37-19)30-34(20)23(27)29-24)4-5-32-6-8-33(9-7-32)22-16(25)11-15(12-17(22)26)38-14-21(35)36/h2-3,10-13H,4-9,14H2,1H3,(H,35,36)(H2,27,28,29). The molecule has 12 nitrogen and oxygen atoms in total. The van der Waals surface area contributed by atoms with Crippen LogP contribution in [0.4, 0.5) is 26.4 Å². The second kappa shape index (κ2) is 10.5. The number of aromatic nitrogens is 4. The Bertz CT molecular complexity index is 1410. The van der Waals surface area contributed by atoms with E-state index in [9.17, 15) is 13.6 Å². The Morgan fingerprint density at radius 1 is 1.18 bits per heavy atom. The van der Waals surface area contributed by atoms with Gasteiger partial charge < -0.3 is 29.8 Å². The first kappa shape index (κ1) is 25.2. The first-order valence-electron chi connectivity index (χ1n) is 11.9. The lowest BCUT2D eigenvalue weighted by Gasteiger charge is -2.37. The van der Waals surface area contributed by atoms with Gasteiger partial charge in [0.15, 0.2) is 29.6 Å². The number of hydrogen-bond donors (Lipinski definition) is 2. The summed E-state index contributed by atoms with van der Waals surface area (Å²) >= 11 is 0. The highest BCUT2D eigenvalue weighted by Gasteiger charge is 2.24. The number of likely N-dealkylation sites (N-methyl/N-ethyl adjacent to an activating group) is 1. The van der Waals surface area contributed by atoms with E-state index in [1.807, 2.05) is 11.9 Å². The molecule has 1 aromatic carbocycles. The zero-order chi connectivity index (χ0) is 26.8. The monoisotopic (exact) mass is 528 g/mol. The number of halogens is 2. The molecule has 3 N–H and O–H groups in total. The van der Waals surface area contributed by atoms with Gasteiger partial charge in [0.25, 0.3) is 0 Å². The van der Waals surface area contributed by atoms with Gasteiger partial charge in [0.2, 0.25) is 11.9 Å². The van der Waals surface area contributed by atoms with Crippen molar-refractivity contribution in [1.82, 2.24) is 24.5 Å². The van der Waals surface area contributed by atoms with Gasteiger partial charge in [0.1, 0.15) is 17.1 Å². The molecule has 4 aromatic rings. The molecule has 0 spiro atoms. The highest BCUT2D eigenvalue weighted by molar-refractivity contribution is 5.68. The largest absolute Gasteiger partial charge is 0.482 e. The van der Waals surface area contributed by atoms with E-state index >= 15 is 0 Å². The number of rotatable bonds is 9. The summed E-state index contributed by atoms with van der Waals surface area (Å²) in [4.78, 5) is 25.3. The molecule has 0 unspecified atom stereocenters. The van der Waals surface area contributed by atoms with Crippen molar-refractivity contribution < 1.29 is 27.8 Å². The number of hydrogen-bond acceptors (Lipinski definition) is 10. The normalized spacial score (nSPS) is 14.2. The Labute approximate surface area is 215 Å². The molecular weight excluding hydrogens is 502 g/mol. The van der Waals surface area contributed by atoms with Crippen LogP contribution < -0.4 is 20.3 Å². The molecule has 38 heavy (non-hydrogen) atoms. The molecule has 5 rings (SSSR count). The first-order chi connectivity index (χ1) is 18.3. The molecule has 1 aliphatic heterocycles. The van der Waals surface area contributed by atoms with Crippen molar-refractivity contribution in [3.63, 3.8) is 0 Å². The summed E-state index contributed by atoms with van der Waals surface area (Å²) in [6, 6.07) is 7.35. The molecule has 200 valence electrons. The number of piperazine rings is 1. The fourth-order valence-corrected chi connectivity index (χ4v) is 4.27. The van der Waals surface area contributed by atoms with Crippen LogP contribution in [0.25, 0.3) is 17.1 Å². The summed E-state index contributed by atoms with van der Waals surface area (Å²) in [5, 5.41) is 13.1. The van der Waals surface area contributed by atoms with Crippen molar-refractivity contribution in [2.24, 2.45) is 0 Å². The number of carboxylic acid groups (broad SMARTS) is 1. The summed E-state index contributed by atoms with van der Waals surface area (Å²) in [7, 11) is 1.87. The molecule has 4 heterocycles. The van der Waals surface area contributed by atoms with Crippen molar-refractivity contribution in [2.45, 2.75) is 0 Å². The highest BCUT2D eigenvalue weighted by atomic mass is 19.1. The zero-order valence-corrected chi connectivity index (χ0v) is 20.5. The average molecular weight is 529 g/mol. The fourth-order valence-electron chi connectivity index (χ4n) is 4.27. The second-order valence-electron chi connectivity index (χ2n) is 8.83. The molecule has 0 bridgehead atoms. The highest BCUT2D eigenvalue weighted by Crippen LogP contribution is 2.29. The van der Waals surface area contributed by atoms with Crippen LogP contribution in [0.1, 0.15) is 0 Å². The maximum Gasteiger partial charge on any atom is 0.341 e. The Morgan fingerprint density at radius 3 is 2.58 bits per heavy atom. The molecule has 3 aromatic heterocycles. The third-order valence-electron chi connectivity index (χ3n) is 6.24.